The van der Waals surface area contributed by atoms with Crippen molar-refractivity contribution in [1.82, 2.24) is 25.5 Å². The van der Waals surface area contributed by atoms with Crippen molar-refractivity contribution < 1.29 is 23.6 Å². The Morgan fingerprint density at radius 1 is 1.16 bits per heavy atom. The lowest BCUT2D eigenvalue weighted by Gasteiger charge is -2.35. The molecule has 0 unspecified atom stereocenters. The van der Waals surface area contributed by atoms with Crippen LogP contribution < -0.4 is 5.32 Å². The van der Waals surface area contributed by atoms with Crippen molar-refractivity contribution in [3.8, 4) is 0 Å². The smallest absolute Gasteiger partial charge is 0.407 e. The lowest BCUT2D eigenvalue weighted by molar-refractivity contribution is -0.153. The van der Waals surface area contributed by atoms with E-state index in [0.29, 0.717) is 24.9 Å². The van der Waals surface area contributed by atoms with Crippen molar-refractivity contribution in [3.05, 3.63) is 47.7 Å². The molecule has 1 N–H and O–H groups in total. The average molecular weight is 510 g/mol. The third kappa shape index (κ3) is 4.79. The van der Waals surface area contributed by atoms with Crippen LogP contribution in [0.3, 0.4) is 0 Å². The zero-order valence-corrected chi connectivity index (χ0v) is 21.7. The first-order valence-electron chi connectivity index (χ1n) is 13.3. The van der Waals surface area contributed by atoms with Crippen LogP contribution in [0.4, 0.5) is 9.59 Å². The molecule has 2 bridgehead atoms. The van der Waals surface area contributed by atoms with Gasteiger partial charge in [-0.3, -0.25) is 4.84 Å². The van der Waals surface area contributed by atoms with Crippen LogP contribution in [0.1, 0.15) is 88.6 Å². The highest BCUT2D eigenvalue weighted by atomic mass is 16.7. The molecule has 4 fully saturated rings. The highest BCUT2D eigenvalue weighted by molar-refractivity contribution is 5.77. The number of carbonyl (C=O) groups excluding carboxylic acids is 2. The standard InChI is InChI=1S/C27H35N5O5/c1-26(2,3)37-24(33)28-19-10-9-18(13-19)22-29-30-23(36-22)20-14-27(11-12-27)21-15-31(20)25(34)32(21)35-16-17-7-5-4-6-8-17/h4-8,18-21H,9-16H2,1-3H3,(H,28,33)/t18-,19+,20+,21-/m1/s1. The van der Waals surface area contributed by atoms with E-state index in [2.05, 4.69) is 15.5 Å². The molecular weight excluding hydrogens is 474 g/mol. The molecular formula is C27H35N5O5. The summed E-state index contributed by atoms with van der Waals surface area (Å²) in [5, 5.41) is 13.3. The van der Waals surface area contributed by atoms with Crippen molar-refractivity contribution in [2.45, 2.75) is 95.5 Å². The number of amides is 3. The topological polar surface area (TPSA) is 110 Å². The minimum atomic E-state index is -0.531. The van der Waals surface area contributed by atoms with Crippen LogP contribution in [-0.4, -0.2) is 56.5 Å². The Labute approximate surface area is 216 Å². The van der Waals surface area contributed by atoms with Gasteiger partial charge in [0, 0.05) is 18.5 Å². The van der Waals surface area contributed by atoms with Crippen LogP contribution in [-0.2, 0) is 16.2 Å². The predicted molar refractivity (Wildman–Crippen MR) is 132 cm³/mol. The molecule has 2 aliphatic carbocycles. The fourth-order valence-corrected chi connectivity index (χ4v) is 6.07. The molecule has 198 valence electrons. The van der Waals surface area contributed by atoms with E-state index in [1.54, 1.807) is 5.06 Å². The molecule has 0 radical (unpaired) electrons. The molecule has 6 rings (SSSR count). The summed E-state index contributed by atoms with van der Waals surface area (Å²) < 4.78 is 11.6. The molecule has 1 aromatic heterocycles. The Bertz CT molecular complexity index is 1160. The number of hydroxylamine groups is 2. The Morgan fingerprint density at radius 3 is 2.65 bits per heavy atom. The highest BCUT2D eigenvalue weighted by Crippen LogP contribution is 2.61. The number of carbonyl (C=O) groups is 2. The Hall–Kier alpha value is -3.14. The van der Waals surface area contributed by atoms with Crippen LogP contribution >= 0.6 is 0 Å². The number of ether oxygens (including phenoxy) is 1. The second kappa shape index (κ2) is 9.01. The molecule has 10 heteroatoms. The van der Waals surface area contributed by atoms with Crippen LogP contribution in [0.2, 0.25) is 0 Å². The van der Waals surface area contributed by atoms with Crippen molar-refractivity contribution in [2.24, 2.45) is 5.41 Å². The molecule has 2 saturated heterocycles. The van der Waals surface area contributed by atoms with Gasteiger partial charge in [0.25, 0.3) is 0 Å². The van der Waals surface area contributed by atoms with Gasteiger partial charge in [-0.1, -0.05) is 30.3 Å². The van der Waals surface area contributed by atoms with Crippen LogP contribution in [0.5, 0.6) is 0 Å². The predicted octanol–water partition coefficient (Wildman–Crippen LogP) is 4.69. The number of fused-ring (bicyclic) bond motifs is 3. The quantitative estimate of drug-likeness (QED) is 0.601. The van der Waals surface area contributed by atoms with Crippen molar-refractivity contribution in [1.29, 1.82) is 0 Å². The SMILES string of the molecule is CC(C)(C)OC(=O)N[C@H]1CC[C@@H](c2nnc([C@@H]3CC4(CC4)[C@H]4CN3C(=O)N4OCc3ccccc3)o2)C1. The summed E-state index contributed by atoms with van der Waals surface area (Å²) in [7, 11) is 0. The molecule has 2 aliphatic heterocycles. The number of urea groups is 1. The summed E-state index contributed by atoms with van der Waals surface area (Å²) in [6.07, 6.45) is 4.95. The molecule has 4 aliphatic rings. The van der Waals surface area contributed by atoms with Gasteiger partial charge in [-0.25, -0.2) is 9.59 Å². The summed E-state index contributed by atoms with van der Waals surface area (Å²) in [5.41, 5.74) is 0.552. The first-order valence-corrected chi connectivity index (χ1v) is 13.3. The van der Waals surface area contributed by atoms with Crippen LogP contribution in [0, 0.1) is 5.41 Å². The first-order chi connectivity index (χ1) is 17.7. The molecule has 4 atom stereocenters. The molecule has 3 amide bonds. The monoisotopic (exact) mass is 509 g/mol. The summed E-state index contributed by atoms with van der Waals surface area (Å²) in [6, 6.07) is 9.60. The van der Waals surface area contributed by atoms with Gasteiger partial charge >= 0.3 is 12.1 Å². The van der Waals surface area contributed by atoms with Gasteiger partial charge < -0.3 is 19.4 Å². The third-order valence-corrected chi connectivity index (χ3v) is 8.12. The molecule has 2 saturated carbocycles. The normalized spacial score (nSPS) is 28.1. The number of benzene rings is 1. The fraction of sp³-hybridized carbons (Fsp3) is 0.630. The van der Waals surface area contributed by atoms with E-state index in [0.717, 1.165) is 44.1 Å². The number of rotatable bonds is 6. The molecule has 1 aromatic carbocycles. The van der Waals surface area contributed by atoms with Gasteiger partial charge in [0.2, 0.25) is 11.8 Å². The van der Waals surface area contributed by atoms with Gasteiger partial charge in [0.05, 0.1) is 6.04 Å². The number of nitrogens with one attached hydrogen (secondary N) is 1. The summed E-state index contributed by atoms with van der Waals surface area (Å²) in [4.78, 5) is 33.5. The summed E-state index contributed by atoms with van der Waals surface area (Å²) >= 11 is 0. The molecule has 10 nitrogen and oxygen atoms in total. The zero-order valence-electron chi connectivity index (χ0n) is 21.7. The largest absolute Gasteiger partial charge is 0.444 e. The molecule has 37 heavy (non-hydrogen) atoms. The van der Waals surface area contributed by atoms with Crippen molar-refractivity contribution in [3.63, 3.8) is 0 Å². The lowest BCUT2D eigenvalue weighted by atomic mass is 9.85. The fourth-order valence-electron chi connectivity index (χ4n) is 6.07. The van der Waals surface area contributed by atoms with Crippen LogP contribution in [0.25, 0.3) is 0 Å². The maximum Gasteiger partial charge on any atom is 0.407 e. The Balaban J connectivity index is 1.11. The second-order valence-electron chi connectivity index (χ2n) is 11.9. The number of piperidine rings is 1. The minimum Gasteiger partial charge on any atom is -0.444 e. The lowest BCUT2D eigenvalue weighted by Crippen LogP contribution is -2.42. The first kappa shape index (κ1) is 24.2. The van der Waals surface area contributed by atoms with E-state index in [1.165, 1.54) is 0 Å². The van der Waals surface area contributed by atoms with Gasteiger partial charge in [-0.05, 0) is 70.3 Å². The van der Waals surface area contributed by atoms with E-state index in [9.17, 15) is 9.59 Å². The van der Waals surface area contributed by atoms with E-state index in [-0.39, 0.29) is 35.5 Å². The summed E-state index contributed by atoms with van der Waals surface area (Å²) in [6.45, 7) is 6.53. The number of hydrogen-bond acceptors (Lipinski definition) is 7. The maximum absolute atomic E-state index is 13.4. The van der Waals surface area contributed by atoms with E-state index < -0.39 is 11.7 Å². The Kier molecular flexibility index (Phi) is 5.89. The zero-order chi connectivity index (χ0) is 25.8. The number of aromatic nitrogens is 2. The summed E-state index contributed by atoms with van der Waals surface area (Å²) in [5.74, 6) is 1.16. The third-order valence-electron chi connectivity index (χ3n) is 8.12. The molecule has 2 aromatic rings. The number of hydrogen-bond donors (Lipinski definition) is 1. The van der Waals surface area contributed by atoms with E-state index in [4.69, 9.17) is 14.0 Å². The van der Waals surface area contributed by atoms with Gasteiger partial charge in [0.1, 0.15) is 18.2 Å². The van der Waals surface area contributed by atoms with Gasteiger partial charge in [0.15, 0.2) is 0 Å². The number of nitrogens with zero attached hydrogens (tertiary/aromatic N) is 4. The van der Waals surface area contributed by atoms with Gasteiger partial charge in [-0.15, -0.1) is 10.2 Å². The van der Waals surface area contributed by atoms with Gasteiger partial charge in [-0.2, -0.15) is 5.06 Å². The van der Waals surface area contributed by atoms with E-state index >= 15 is 0 Å². The van der Waals surface area contributed by atoms with Crippen LogP contribution in [0.15, 0.2) is 34.7 Å². The maximum atomic E-state index is 13.4. The van der Waals surface area contributed by atoms with E-state index in [1.807, 2.05) is 56.0 Å². The molecule has 3 heterocycles. The second-order valence-corrected chi connectivity index (χ2v) is 11.9. The highest BCUT2D eigenvalue weighted by Gasteiger charge is 2.64. The van der Waals surface area contributed by atoms with Crippen molar-refractivity contribution >= 4 is 12.1 Å². The Morgan fingerprint density at radius 2 is 1.92 bits per heavy atom. The average Bonchev–Trinajstić information content (AvgIpc) is 3.19. The van der Waals surface area contributed by atoms with Crippen molar-refractivity contribution in [2.75, 3.05) is 6.54 Å². The molecule has 1 spiro atoms. The number of alkyl carbamates (subject to hydrolysis) is 1. The minimum absolute atomic E-state index is 0.0100.